The Hall–Kier alpha value is -7.68. The Labute approximate surface area is 337 Å². The van der Waals surface area contributed by atoms with Crippen LogP contribution in [-0.4, -0.2) is 0 Å². The molecule has 0 spiro atoms. The van der Waals surface area contributed by atoms with Crippen LogP contribution in [0.15, 0.2) is 229 Å². The van der Waals surface area contributed by atoms with Gasteiger partial charge in [-0.1, -0.05) is 170 Å². The number of hydrogen-bond donors (Lipinski definition) is 0. The van der Waals surface area contributed by atoms with Crippen molar-refractivity contribution >= 4 is 60.5 Å². The molecule has 1 aromatic heterocycles. The second-order valence-electron chi connectivity index (χ2n) is 14.9. The molecular weight excluding hydrogens is 703 g/mol. The minimum Gasteiger partial charge on any atom is -0.455 e. The maximum absolute atomic E-state index is 6.48. The number of para-hydroxylation sites is 1. The lowest BCUT2D eigenvalue weighted by Gasteiger charge is -2.26. The first kappa shape index (κ1) is 33.6. The van der Waals surface area contributed by atoms with Gasteiger partial charge < -0.3 is 9.32 Å². The molecule has 2 heteroatoms. The van der Waals surface area contributed by atoms with Crippen LogP contribution in [0.25, 0.3) is 88.0 Å². The monoisotopic (exact) mass is 739 g/mol. The molecule has 0 aliphatic carbocycles. The molecule has 0 amide bonds. The van der Waals surface area contributed by atoms with Crippen molar-refractivity contribution in [1.29, 1.82) is 0 Å². The highest BCUT2D eigenvalue weighted by atomic mass is 16.3. The van der Waals surface area contributed by atoms with Crippen molar-refractivity contribution in [2.45, 2.75) is 0 Å². The van der Waals surface area contributed by atoms with Gasteiger partial charge in [-0.2, -0.15) is 0 Å². The van der Waals surface area contributed by atoms with E-state index in [1.807, 2.05) is 6.07 Å². The maximum Gasteiger partial charge on any atom is 0.143 e. The molecule has 0 unspecified atom stereocenters. The Kier molecular flexibility index (Phi) is 8.19. The summed E-state index contributed by atoms with van der Waals surface area (Å²) in [6.07, 6.45) is 0. The molecule has 0 saturated carbocycles. The Morgan fingerprint density at radius 1 is 0.276 bits per heavy atom. The Balaban J connectivity index is 0.973. The standard InChI is InChI=1S/C56H37NO/c1-3-11-38(12-4-1)44-16-9-17-49(35-44)57(47-30-25-39(26-31-47)45-24-23-43-22-21-42-15-7-8-18-50(42)53(43)36-45)48-32-27-40(28-33-48)46-29-34-55-54(37-46)52-20-10-19-51(56(52)58-55)41-13-5-2-6-14-41/h1-37H. The molecule has 11 aromatic rings. The van der Waals surface area contributed by atoms with Gasteiger partial charge in [-0.3, -0.25) is 0 Å². The van der Waals surface area contributed by atoms with Crippen LogP contribution in [0.3, 0.4) is 0 Å². The summed E-state index contributed by atoms with van der Waals surface area (Å²) in [5.74, 6) is 0. The lowest BCUT2D eigenvalue weighted by atomic mass is 9.97. The van der Waals surface area contributed by atoms with Gasteiger partial charge in [0.1, 0.15) is 11.2 Å². The highest BCUT2D eigenvalue weighted by Gasteiger charge is 2.16. The third kappa shape index (κ3) is 6.00. The van der Waals surface area contributed by atoms with Crippen LogP contribution in [0.5, 0.6) is 0 Å². The second-order valence-corrected chi connectivity index (χ2v) is 14.9. The van der Waals surface area contributed by atoms with Gasteiger partial charge in [0.15, 0.2) is 0 Å². The molecule has 0 aliphatic rings. The van der Waals surface area contributed by atoms with Crippen LogP contribution in [0.4, 0.5) is 17.1 Å². The van der Waals surface area contributed by atoms with E-state index in [0.717, 1.165) is 61.3 Å². The molecule has 0 bridgehead atoms. The van der Waals surface area contributed by atoms with E-state index >= 15 is 0 Å². The van der Waals surface area contributed by atoms with Gasteiger partial charge in [0.25, 0.3) is 0 Å². The maximum atomic E-state index is 6.48. The highest BCUT2D eigenvalue weighted by molar-refractivity contribution is 6.11. The van der Waals surface area contributed by atoms with Crippen molar-refractivity contribution in [3.63, 3.8) is 0 Å². The summed E-state index contributed by atoms with van der Waals surface area (Å²) in [6.45, 7) is 0. The fourth-order valence-corrected chi connectivity index (χ4v) is 8.51. The molecule has 58 heavy (non-hydrogen) atoms. The van der Waals surface area contributed by atoms with Crippen molar-refractivity contribution in [2.75, 3.05) is 4.90 Å². The first-order valence-corrected chi connectivity index (χ1v) is 19.8. The van der Waals surface area contributed by atoms with Gasteiger partial charge in [0.05, 0.1) is 0 Å². The van der Waals surface area contributed by atoms with Gasteiger partial charge in [0.2, 0.25) is 0 Å². The zero-order chi connectivity index (χ0) is 38.4. The number of hydrogen-bond acceptors (Lipinski definition) is 2. The summed E-state index contributed by atoms with van der Waals surface area (Å²) in [6, 6.07) is 80.6. The van der Waals surface area contributed by atoms with E-state index in [4.69, 9.17) is 4.42 Å². The Morgan fingerprint density at radius 2 is 0.776 bits per heavy atom. The van der Waals surface area contributed by atoms with Crippen LogP contribution in [0.2, 0.25) is 0 Å². The number of benzene rings is 10. The molecule has 10 aromatic carbocycles. The molecule has 0 radical (unpaired) electrons. The van der Waals surface area contributed by atoms with E-state index < -0.39 is 0 Å². The smallest absolute Gasteiger partial charge is 0.143 e. The third-order valence-electron chi connectivity index (χ3n) is 11.5. The van der Waals surface area contributed by atoms with Gasteiger partial charge in [-0.25, -0.2) is 0 Å². The first-order valence-electron chi connectivity index (χ1n) is 19.8. The Bertz CT molecular complexity index is 3250. The van der Waals surface area contributed by atoms with Gasteiger partial charge in [0, 0.05) is 33.4 Å². The number of anilines is 3. The van der Waals surface area contributed by atoms with Gasteiger partial charge in [-0.15, -0.1) is 0 Å². The van der Waals surface area contributed by atoms with E-state index in [9.17, 15) is 0 Å². The molecule has 11 rings (SSSR count). The predicted molar refractivity (Wildman–Crippen MR) is 245 cm³/mol. The van der Waals surface area contributed by atoms with Crippen molar-refractivity contribution in [3.05, 3.63) is 224 Å². The number of fused-ring (bicyclic) bond motifs is 6. The topological polar surface area (TPSA) is 16.4 Å². The van der Waals surface area contributed by atoms with Crippen molar-refractivity contribution in [3.8, 4) is 44.5 Å². The van der Waals surface area contributed by atoms with Crippen LogP contribution in [0.1, 0.15) is 0 Å². The summed E-state index contributed by atoms with van der Waals surface area (Å²) in [7, 11) is 0. The second kappa shape index (κ2) is 14.1. The summed E-state index contributed by atoms with van der Waals surface area (Å²) in [5, 5.41) is 7.31. The number of furan rings is 1. The quantitative estimate of drug-likeness (QED) is 0.151. The molecule has 2 nitrogen and oxygen atoms in total. The minimum absolute atomic E-state index is 0.892. The average Bonchev–Trinajstić information content (AvgIpc) is 3.68. The van der Waals surface area contributed by atoms with Crippen molar-refractivity contribution in [2.24, 2.45) is 0 Å². The molecule has 0 fully saturated rings. The normalized spacial score (nSPS) is 11.4. The summed E-state index contributed by atoms with van der Waals surface area (Å²) in [5.41, 5.74) is 14.4. The molecular formula is C56H37NO. The third-order valence-corrected chi connectivity index (χ3v) is 11.5. The SMILES string of the molecule is c1ccc(-c2cccc(N(c3ccc(-c4ccc5ccc6ccccc6c5c4)cc3)c3ccc(-c4ccc5oc6c(-c7ccccc7)cccc6c5c4)cc3)c2)cc1. The van der Waals surface area contributed by atoms with Gasteiger partial charge in [-0.05, 0) is 115 Å². The summed E-state index contributed by atoms with van der Waals surface area (Å²) in [4.78, 5) is 2.35. The van der Waals surface area contributed by atoms with Crippen LogP contribution in [0, 0.1) is 0 Å². The lowest BCUT2D eigenvalue weighted by molar-refractivity contribution is 0.670. The molecule has 0 saturated heterocycles. The summed E-state index contributed by atoms with van der Waals surface area (Å²) >= 11 is 0. The molecule has 0 aliphatic heterocycles. The average molecular weight is 740 g/mol. The van der Waals surface area contributed by atoms with E-state index in [1.54, 1.807) is 0 Å². The molecule has 1 heterocycles. The number of nitrogens with zero attached hydrogens (tertiary/aromatic N) is 1. The largest absolute Gasteiger partial charge is 0.455 e. The minimum atomic E-state index is 0.892. The van der Waals surface area contributed by atoms with Crippen molar-refractivity contribution in [1.82, 2.24) is 0 Å². The van der Waals surface area contributed by atoms with Crippen LogP contribution in [-0.2, 0) is 0 Å². The molecule has 0 atom stereocenters. The van der Waals surface area contributed by atoms with E-state index in [2.05, 4.69) is 223 Å². The fraction of sp³-hybridized carbons (Fsp3) is 0. The first-order chi connectivity index (χ1) is 28.7. The summed E-state index contributed by atoms with van der Waals surface area (Å²) < 4.78 is 6.48. The number of rotatable bonds is 7. The van der Waals surface area contributed by atoms with E-state index in [0.29, 0.717) is 0 Å². The molecule has 272 valence electrons. The Morgan fingerprint density at radius 3 is 1.50 bits per heavy atom. The van der Waals surface area contributed by atoms with E-state index in [1.165, 1.54) is 43.8 Å². The van der Waals surface area contributed by atoms with Gasteiger partial charge >= 0.3 is 0 Å². The van der Waals surface area contributed by atoms with E-state index in [-0.39, 0.29) is 0 Å². The fourth-order valence-electron chi connectivity index (χ4n) is 8.51. The van der Waals surface area contributed by atoms with Crippen LogP contribution >= 0.6 is 0 Å². The predicted octanol–water partition coefficient (Wildman–Crippen LogP) is 16.0. The molecule has 0 N–H and O–H groups in total. The lowest BCUT2D eigenvalue weighted by Crippen LogP contribution is -2.10. The van der Waals surface area contributed by atoms with Crippen molar-refractivity contribution < 1.29 is 4.42 Å². The highest BCUT2D eigenvalue weighted by Crippen LogP contribution is 2.41. The zero-order valence-electron chi connectivity index (χ0n) is 31.7. The van der Waals surface area contributed by atoms with Crippen LogP contribution < -0.4 is 4.90 Å². The zero-order valence-corrected chi connectivity index (χ0v) is 31.7.